The van der Waals surface area contributed by atoms with Gasteiger partial charge in [-0.15, -0.1) is 0 Å². The molecule has 3 N–H and O–H groups in total. The van der Waals surface area contributed by atoms with Gasteiger partial charge >= 0.3 is 0 Å². The molecule has 1 rings (SSSR count). The Labute approximate surface area is 60.2 Å². The summed E-state index contributed by atoms with van der Waals surface area (Å²) in [6.45, 7) is 3.91. The standard InChI is InChI=1S/C7H11N3/c1-5-3-4-9-6(2)7(5)10-8/h3-4,10H,8H2,1-2H3. The molecule has 0 aliphatic carbocycles. The Kier molecular flexibility index (Phi) is 1.87. The molecule has 0 amide bonds. The zero-order valence-corrected chi connectivity index (χ0v) is 6.18. The van der Waals surface area contributed by atoms with Crippen molar-refractivity contribution in [2.75, 3.05) is 5.43 Å². The minimum Gasteiger partial charge on any atom is -0.322 e. The van der Waals surface area contributed by atoms with Crippen molar-refractivity contribution in [2.45, 2.75) is 13.8 Å². The molecule has 3 heteroatoms. The van der Waals surface area contributed by atoms with Gasteiger partial charge in [0, 0.05) is 6.20 Å². The minimum absolute atomic E-state index is 0.919. The molecule has 1 aromatic heterocycles. The highest BCUT2D eigenvalue weighted by molar-refractivity contribution is 5.52. The maximum absolute atomic E-state index is 5.26. The summed E-state index contributed by atoms with van der Waals surface area (Å²) >= 11 is 0. The normalized spacial score (nSPS) is 9.50. The Bertz CT molecular complexity index is 212. The molecule has 1 aromatic rings. The molecular weight excluding hydrogens is 126 g/mol. The maximum Gasteiger partial charge on any atom is 0.0728 e. The molecule has 0 radical (unpaired) electrons. The Morgan fingerprint density at radius 1 is 1.50 bits per heavy atom. The van der Waals surface area contributed by atoms with Crippen LogP contribution in [0.15, 0.2) is 12.3 Å². The minimum atomic E-state index is 0.919. The van der Waals surface area contributed by atoms with E-state index in [2.05, 4.69) is 10.4 Å². The first-order chi connectivity index (χ1) is 4.75. The van der Waals surface area contributed by atoms with Crippen LogP contribution in [0.3, 0.4) is 0 Å². The highest BCUT2D eigenvalue weighted by Gasteiger charge is 1.98. The van der Waals surface area contributed by atoms with Crippen LogP contribution < -0.4 is 11.3 Å². The number of hydrogen-bond acceptors (Lipinski definition) is 3. The Balaban J connectivity index is 3.17. The average molecular weight is 137 g/mol. The fourth-order valence-electron chi connectivity index (χ4n) is 0.912. The largest absolute Gasteiger partial charge is 0.322 e. The first kappa shape index (κ1) is 7.02. The van der Waals surface area contributed by atoms with E-state index in [0.29, 0.717) is 0 Å². The van der Waals surface area contributed by atoms with Crippen LogP contribution in [0.25, 0.3) is 0 Å². The van der Waals surface area contributed by atoms with Gasteiger partial charge in [-0.1, -0.05) is 0 Å². The summed E-state index contributed by atoms with van der Waals surface area (Å²) in [4.78, 5) is 4.07. The molecule has 10 heavy (non-hydrogen) atoms. The zero-order valence-electron chi connectivity index (χ0n) is 6.18. The van der Waals surface area contributed by atoms with Gasteiger partial charge in [0.05, 0.1) is 11.4 Å². The summed E-state index contributed by atoms with van der Waals surface area (Å²) in [7, 11) is 0. The van der Waals surface area contributed by atoms with Gasteiger partial charge in [0.25, 0.3) is 0 Å². The van der Waals surface area contributed by atoms with Crippen molar-refractivity contribution in [3.8, 4) is 0 Å². The van der Waals surface area contributed by atoms with E-state index >= 15 is 0 Å². The van der Waals surface area contributed by atoms with Gasteiger partial charge in [-0.2, -0.15) is 0 Å². The van der Waals surface area contributed by atoms with Crippen LogP contribution in [0.5, 0.6) is 0 Å². The molecule has 0 saturated heterocycles. The van der Waals surface area contributed by atoms with E-state index in [0.717, 1.165) is 16.9 Å². The first-order valence-electron chi connectivity index (χ1n) is 3.14. The second-order valence-corrected chi connectivity index (χ2v) is 2.23. The summed E-state index contributed by atoms with van der Waals surface area (Å²) < 4.78 is 0. The van der Waals surface area contributed by atoms with Gasteiger partial charge in [0.15, 0.2) is 0 Å². The molecule has 54 valence electrons. The lowest BCUT2D eigenvalue weighted by Gasteiger charge is -2.05. The van der Waals surface area contributed by atoms with Crippen molar-refractivity contribution in [1.29, 1.82) is 0 Å². The van der Waals surface area contributed by atoms with Crippen molar-refractivity contribution in [3.05, 3.63) is 23.5 Å². The number of anilines is 1. The molecule has 0 saturated carbocycles. The smallest absolute Gasteiger partial charge is 0.0728 e. The summed E-state index contributed by atoms with van der Waals surface area (Å²) in [5, 5.41) is 0. The Hall–Kier alpha value is -1.09. The zero-order chi connectivity index (χ0) is 7.56. The van der Waals surface area contributed by atoms with Crippen LogP contribution >= 0.6 is 0 Å². The number of nitrogen functional groups attached to an aromatic ring is 1. The van der Waals surface area contributed by atoms with Crippen LogP contribution in [0.2, 0.25) is 0 Å². The van der Waals surface area contributed by atoms with E-state index in [1.807, 2.05) is 19.9 Å². The summed E-state index contributed by atoms with van der Waals surface area (Å²) in [5.41, 5.74) is 5.57. The number of aromatic nitrogens is 1. The molecule has 0 unspecified atom stereocenters. The van der Waals surface area contributed by atoms with Crippen LogP contribution in [0.4, 0.5) is 5.69 Å². The lowest BCUT2D eigenvalue weighted by molar-refractivity contribution is 1.15. The number of hydrogen-bond donors (Lipinski definition) is 2. The predicted molar refractivity (Wildman–Crippen MR) is 41.5 cm³/mol. The summed E-state index contributed by atoms with van der Waals surface area (Å²) in [6, 6.07) is 1.92. The van der Waals surface area contributed by atoms with Crippen molar-refractivity contribution >= 4 is 5.69 Å². The van der Waals surface area contributed by atoms with Gasteiger partial charge < -0.3 is 5.43 Å². The molecule has 0 atom stereocenters. The SMILES string of the molecule is Cc1ccnc(C)c1NN. The first-order valence-corrected chi connectivity index (χ1v) is 3.14. The van der Waals surface area contributed by atoms with Crippen LogP contribution in [0, 0.1) is 13.8 Å². The van der Waals surface area contributed by atoms with Gasteiger partial charge in [-0.05, 0) is 25.5 Å². The summed E-state index contributed by atoms with van der Waals surface area (Å²) in [5.74, 6) is 5.26. The predicted octanol–water partition coefficient (Wildman–Crippen LogP) is 0.984. The topological polar surface area (TPSA) is 50.9 Å². The second-order valence-electron chi connectivity index (χ2n) is 2.23. The average Bonchev–Trinajstić information content (AvgIpc) is 1.88. The summed E-state index contributed by atoms with van der Waals surface area (Å²) in [6.07, 6.45) is 1.77. The molecule has 0 spiro atoms. The van der Waals surface area contributed by atoms with Gasteiger partial charge in [-0.3, -0.25) is 10.8 Å². The molecule has 0 aromatic carbocycles. The Morgan fingerprint density at radius 3 is 2.60 bits per heavy atom. The van der Waals surface area contributed by atoms with Crippen LogP contribution in [-0.2, 0) is 0 Å². The lowest BCUT2D eigenvalue weighted by Crippen LogP contribution is -2.10. The third-order valence-corrected chi connectivity index (χ3v) is 1.49. The highest BCUT2D eigenvalue weighted by atomic mass is 15.2. The van der Waals surface area contributed by atoms with E-state index in [-0.39, 0.29) is 0 Å². The van der Waals surface area contributed by atoms with Gasteiger partial charge in [-0.25, -0.2) is 0 Å². The molecule has 3 nitrogen and oxygen atoms in total. The van der Waals surface area contributed by atoms with E-state index < -0.39 is 0 Å². The van der Waals surface area contributed by atoms with E-state index in [1.54, 1.807) is 6.20 Å². The number of rotatable bonds is 1. The van der Waals surface area contributed by atoms with E-state index in [1.165, 1.54) is 0 Å². The number of hydrazine groups is 1. The van der Waals surface area contributed by atoms with Crippen LogP contribution in [0.1, 0.15) is 11.3 Å². The fourth-order valence-corrected chi connectivity index (χ4v) is 0.912. The van der Waals surface area contributed by atoms with Crippen molar-refractivity contribution in [2.24, 2.45) is 5.84 Å². The number of nitrogens with zero attached hydrogens (tertiary/aromatic N) is 1. The monoisotopic (exact) mass is 137 g/mol. The third-order valence-electron chi connectivity index (χ3n) is 1.49. The molecule has 1 heterocycles. The Morgan fingerprint density at radius 2 is 2.20 bits per heavy atom. The van der Waals surface area contributed by atoms with Gasteiger partial charge in [0.2, 0.25) is 0 Å². The quantitative estimate of drug-likeness (QED) is 0.448. The molecule has 0 aliphatic heterocycles. The molecule has 0 aliphatic rings. The number of nitrogens with one attached hydrogen (secondary N) is 1. The fraction of sp³-hybridized carbons (Fsp3) is 0.286. The van der Waals surface area contributed by atoms with E-state index in [4.69, 9.17) is 5.84 Å². The van der Waals surface area contributed by atoms with Crippen molar-refractivity contribution < 1.29 is 0 Å². The second kappa shape index (κ2) is 2.66. The van der Waals surface area contributed by atoms with E-state index in [9.17, 15) is 0 Å². The lowest BCUT2D eigenvalue weighted by atomic mass is 10.2. The van der Waals surface area contributed by atoms with Crippen molar-refractivity contribution in [1.82, 2.24) is 4.98 Å². The highest BCUT2D eigenvalue weighted by Crippen LogP contribution is 2.14. The number of pyridine rings is 1. The van der Waals surface area contributed by atoms with Gasteiger partial charge in [0.1, 0.15) is 0 Å². The van der Waals surface area contributed by atoms with Crippen LogP contribution in [-0.4, -0.2) is 4.98 Å². The third kappa shape index (κ3) is 1.09. The van der Waals surface area contributed by atoms with Crippen molar-refractivity contribution in [3.63, 3.8) is 0 Å². The number of nitrogens with two attached hydrogens (primary N) is 1. The maximum atomic E-state index is 5.26. The number of aryl methyl sites for hydroxylation is 2. The molecule has 0 bridgehead atoms. The molecule has 0 fully saturated rings. The molecular formula is C7H11N3.